The van der Waals surface area contributed by atoms with Crippen molar-refractivity contribution in [3.63, 3.8) is 0 Å². The molecule has 0 bridgehead atoms. The molecular formula is C23H24NOSi. The lowest BCUT2D eigenvalue weighted by atomic mass is 9.99. The summed E-state index contributed by atoms with van der Waals surface area (Å²) in [5.41, 5.74) is 5.01. The Bertz CT molecular complexity index is 899. The van der Waals surface area contributed by atoms with E-state index in [1.807, 2.05) is 68.7 Å². The Hall–Kier alpha value is -2.65. The van der Waals surface area contributed by atoms with Gasteiger partial charge in [0.05, 0.1) is 8.80 Å². The van der Waals surface area contributed by atoms with E-state index in [-0.39, 0.29) is 5.78 Å². The molecule has 131 valence electrons. The summed E-state index contributed by atoms with van der Waals surface area (Å²) in [7, 11) is 3.29. The zero-order valence-electron chi connectivity index (χ0n) is 15.8. The standard InChI is InChI=1S/C23H24NOSi/c1-24(2)21-12-8-11-20(23(21)26(3)4)22(25)19-15-13-18(14-16-19)17-9-6-5-7-10-17/h5-16H,1-4H3. The Labute approximate surface area is 157 Å². The van der Waals surface area contributed by atoms with E-state index < -0.39 is 8.80 Å². The van der Waals surface area contributed by atoms with Gasteiger partial charge in [0.15, 0.2) is 5.78 Å². The van der Waals surface area contributed by atoms with Crippen LogP contribution in [0.4, 0.5) is 5.69 Å². The number of hydrogen-bond acceptors (Lipinski definition) is 2. The van der Waals surface area contributed by atoms with Crippen LogP contribution in [0.1, 0.15) is 15.9 Å². The molecule has 0 aliphatic rings. The van der Waals surface area contributed by atoms with Crippen LogP contribution in [-0.4, -0.2) is 28.7 Å². The number of anilines is 1. The van der Waals surface area contributed by atoms with E-state index in [2.05, 4.69) is 36.2 Å². The van der Waals surface area contributed by atoms with Crippen molar-refractivity contribution in [1.29, 1.82) is 0 Å². The van der Waals surface area contributed by atoms with Crippen molar-refractivity contribution in [1.82, 2.24) is 0 Å². The first kappa shape index (κ1) is 18.1. The van der Waals surface area contributed by atoms with Gasteiger partial charge in [0.2, 0.25) is 0 Å². The zero-order chi connectivity index (χ0) is 18.7. The largest absolute Gasteiger partial charge is 0.378 e. The molecule has 0 fully saturated rings. The molecule has 3 aromatic carbocycles. The molecule has 2 nitrogen and oxygen atoms in total. The molecule has 26 heavy (non-hydrogen) atoms. The van der Waals surface area contributed by atoms with Gasteiger partial charge in [0, 0.05) is 30.9 Å². The van der Waals surface area contributed by atoms with E-state index in [1.54, 1.807) is 0 Å². The lowest BCUT2D eigenvalue weighted by Crippen LogP contribution is -2.34. The van der Waals surface area contributed by atoms with Gasteiger partial charge in [0.1, 0.15) is 0 Å². The normalized spacial score (nSPS) is 10.8. The van der Waals surface area contributed by atoms with Gasteiger partial charge >= 0.3 is 0 Å². The second kappa shape index (κ2) is 7.71. The summed E-state index contributed by atoms with van der Waals surface area (Å²) in [6, 6.07) is 24.2. The van der Waals surface area contributed by atoms with Gasteiger partial charge in [-0.2, -0.15) is 0 Å². The third-order valence-corrected chi connectivity index (χ3v) is 6.05. The van der Waals surface area contributed by atoms with Crippen LogP contribution >= 0.6 is 0 Å². The number of benzene rings is 3. The molecule has 1 radical (unpaired) electrons. The summed E-state index contributed by atoms with van der Waals surface area (Å²) in [6.45, 7) is 4.48. The van der Waals surface area contributed by atoms with Crippen LogP contribution in [0.5, 0.6) is 0 Å². The fraction of sp³-hybridized carbons (Fsp3) is 0.174. The minimum absolute atomic E-state index is 0.106. The molecule has 3 aromatic rings. The highest BCUT2D eigenvalue weighted by Gasteiger charge is 2.20. The molecule has 0 unspecified atom stereocenters. The minimum Gasteiger partial charge on any atom is -0.378 e. The van der Waals surface area contributed by atoms with Crippen LogP contribution in [0.15, 0.2) is 72.8 Å². The Balaban J connectivity index is 1.99. The molecule has 0 aromatic heterocycles. The summed E-state index contributed by atoms with van der Waals surface area (Å²) in [5, 5.41) is 1.21. The molecule has 3 rings (SSSR count). The molecule has 0 aliphatic heterocycles. The molecule has 0 spiro atoms. The van der Waals surface area contributed by atoms with Gasteiger partial charge in [-0.15, -0.1) is 0 Å². The lowest BCUT2D eigenvalue weighted by Gasteiger charge is -2.22. The molecule has 0 atom stereocenters. The topological polar surface area (TPSA) is 20.3 Å². The van der Waals surface area contributed by atoms with Gasteiger partial charge in [0.25, 0.3) is 0 Å². The maximum Gasteiger partial charge on any atom is 0.192 e. The first-order chi connectivity index (χ1) is 12.5. The monoisotopic (exact) mass is 358 g/mol. The van der Waals surface area contributed by atoms with Crippen LogP contribution in [0.3, 0.4) is 0 Å². The lowest BCUT2D eigenvalue weighted by molar-refractivity contribution is 0.104. The molecule has 0 N–H and O–H groups in total. The summed E-state index contributed by atoms with van der Waals surface area (Å²) in [6.07, 6.45) is 0. The van der Waals surface area contributed by atoms with Crippen molar-refractivity contribution in [3.8, 4) is 11.1 Å². The van der Waals surface area contributed by atoms with E-state index >= 15 is 0 Å². The van der Waals surface area contributed by atoms with Crippen molar-refractivity contribution in [2.45, 2.75) is 13.1 Å². The van der Waals surface area contributed by atoms with E-state index in [1.165, 1.54) is 5.19 Å². The van der Waals surface area contributed by atoms with E-state index in [4.69, 9.17) is 0 Å². The van der Waals surface area contributed by atoms with Crippen molar-refractivity contribution in [3.05, 3.63) is 83.9 Å². The van der Waals surface area contributed by atoms with Crippen LogP contribution in [0, 0.1) is 0 Å². The molecule has 0 aliphatic carbocycles. The van der Waals surface area contributed by atoms with E-state index in [0.717, 1.165) is 27.9 Å². The summed E-state index contributed by atoms with van der Waals surface area (Å²) in [5.74, 6) is 0.106. The second-order valence-electron chi connectivity index (χ2n) is 6.87. The summed E-state index contributed by atoms with van der Waals surface area (Å²) in [4.78, 5) is 15.3. The number of nitrogens with zero attached hydrogens (tertiary/aromatic N) is 1. The smallest absolute Gasteiger partial charge is 0.192 e. The molecule has 3 heteroatoms. The second-order valence-corrected chi connectivity index (χ2v) is 9.37. The predicted octanol–water partition coefficient (Wildman–Crippen LogP) is 4.61. The van der Waals surface area contributed by atoms with Crippen LogP contribution < -0.4 is 10.1 Å². The number of carbonyl (C=O) groups excluding carboxylic acids is 1. The van der Waals surface area contributed by atoms with E-state index in [0.29, 0.717) is 0 Å². The zero-order valence-corrected chi connectivity index (χ0v) is 16.8. The van der Waals surface area contributed by atoms with Gasteiger partial charge in [-0.3, -0.25) is 4.79 Å². The summed E-state index contributed by atoms with van der Waals surface area (Å²) < 4.78 is 0. The highest BCUT2D eigenvalue weighted by molar-refractivity contribution is 6.73. The summed E-state index contributed by atoms with van der Waals surface area (Å²) >= 11 is 0. The quantitative estimate of drug-likeness (QED) is 0.490. The van der Waals surface area contributed by atoms with Crippen LogP contribution in [0.2, 0.25) is 13.1 Å². The highest BCUT2D eigenvalue weighted by Crippen LogP contribution is 2.21. The fourth-order valence-corrected chi connectivity index (χ4v) is 4.78. The van der Waals surface area contributed by atoms with Crippen LogP contribution in [-0.2, 0) is 0 Å². The molecule has 0 saturated heterocycles. The maximum atomic E-state index is 13.2. The first-order valence-corrected chi connectivity index (χ1v) is 11.3. The predicted molar refractivity (Wildman–Crippen MR) is 113 cm³/mol. The van der Waals surface area contributed by atoms with Crippen molar-refractivity contribution in [2.24, 2.45) is 0 Å². The molecule has 0 saturated carbocycles. The highest BCUT2D eigenvalue weighted by atomic mass is 28.3. The average Bonchev–Trinajstić information content (AvgIpc) is 2.67. The number of ketones is 1. The van der Waals surface area contributed by atoms with Gasteiger partial charge in [-0.25, -0.2) is 0 Å². The van der Waals surface area contributed by atoms with Gasteiger partial charge < -0.3 is 4.90 Å². The molecule has 0 amide bonds. The molecule has 0 heterocycles. The number of rotatable bonds is 5. The average molecular weight is 359 g/mol. The van der Waals surface area contributed by atoms with E-state index in [9.17, 15) is 4.79 Å². The van der Waals surface area contributed by atoms with Crippen LogP contribution in [0.25, 0.3) is 11.1 Å². The van der Waals surface area contributed by atoms with Gasteiger partial charge in [-0.05, 0) is 22.4 Å². The van der Waals surface area contributed by atoms with Gasteiger partial charge in [-0.1, -0.05) is 79.8 Å². The van der Waals surface area contributed by atoms with Crippen molar-refractivity contribution in [2.75, 3.05) is 19.0 Å². The Kier molecular flexibility index (Phi) is 5.38. The first-order valence-electron chi connectivity index (χ1n) is 8.80. The van der Waals surface area contributed by atoms with Crippen molar-refractivity contribution >= 4 is 25.5 Å². The Morgan fingerprint density at radius 1 is 0.769 bits per heavy atom. The number of carbonyl (C=O) groups is 1. The third-order valence-electron chi connectivity index (χ3n) is 4.52. The fourth-order valence-electron chi connectivity index (χ4n) is 3.23. The Morgan fingerprint density at radius 3 is 1.96 bits per heavy atom. The SMILES string of the molecule is CN(C)c1cccc(C(=O)c2ccc(-c3ccccc3)cc2)c1[Si](C)C. The Morgan fingerprint density at radius 2 is 1.38 bits per heavy atom. The number of hydrogen-bond donors (Lipinski definition) is 0. The third kappa shape index (κ3) is 3.63. The van der Waals surface area contributed by atoms with Crippen molar-refractivity contribution < 1.29 is 4.79 Å². The minimum atomic E-state index is -0.781. The maximum absolute atomic E-state index is 13.2. The molecular weight excluding hydrogens is 334 g/mol.